The van der Waals surface area contributed by atoms with Crippen LogP contribution in [-0.2, 0) is 5.54 Å². The minimum absolute atomic E-state index is 0.0766. The monoisotopic (exact) mass is 561 g/mol. The van der Waals surface area contributed by atoms with Crippen molar-refractivity contribution in [1.29, 1.82) is 5.26 Å². The van der Waals surface area contributed by atoms with Gasteiger partial charge >= 0.3 is 11.5 Å². The van der Waals surface area contributed by atoms with E-state index in [1.807, 2.05) is 49.8 Å². The summed E-state index contributed by atoms with van der Waals surface area (Å²) in [7, 11) is 4.97. The second kappa shape index (κ2) is 9.65. The lowest BCUT2D eigenvalue weighted by Gasteiger charge is -2.38. The van der Waals surface area contributed by atoms with E-state index >= 15 is 13.2 Å². The summed E-state index contributed by atoms with van der Waals surface area (Å²) in [5.74, 6) is -7.00. The highest BCUT2D eigenvalue weighted by Gasteiger charge is 2.47. The summed E-state index contributed by atoms with van der Waals surface area (Å²) < 4.78 is 49.4. The summed E-state index contributed by atoms with van der Waals surface area (Å²) in [5.41, 5.74) is -2.64. The SMILES string of the molecule is [C-]#[N+]C(C)(C#N)c1c(F)c(F)c(C(=O)O)c(C2=C3C=CC(=[N+](C)C)C=C3[Si](C)(C)c3cc(N(C)C)ccc32)c1F. The molecule has 0 fully saturated rings. The van der Waals surface area contributed by atoms with Gasteiger partial charge in [0, 0.05) is 44.4 Å². The lowest BCUT2D eigenvalue weighted by molar-refractivity contribution is -0.462. The van der Waals surface area contributed by atoms with Gasteiger partial charge in [-0.05, 0) is 45.3 Å². The third-order valence-electron chi connectivity index (χ3n) is 7.64. The molecule has 0 bridgehead atoms. The molecule has 0 saturated carbocycles. The van der Waals surface area contributed by atoms with Gasteiger partial charge < -0.3 is 10.0 Å². The van der Waals surface area contributed by atoms with E-state index in [0.29, 0.717) is 11.1 Å². The van der Waals surface area contributed by atoms with E-state index < -0.39 is 53.7 Å². The molecule has 0 amide bonds. The Bertz CT molecular complexity index is 1700. The molecule has 1 N–H and O–H groups in total. The number of rotatable bonds is 4. The van der Waals surface area contributed by atoms with Crippen molar-refractivity contribution in [1.82, 2.24) is 0 Å². The topological polar surface area (TPSA) is 71.7 Å². The molecule has 0 aromatic heterocycles. The molecule has 1 unspecified atom stereocenters. The van der Waals surface area contributed by atoms with E-state index in [0.717, 1.165) is 28.7 Å². The second-order valence-corrected chi connectivity index (χ2v) is 15.2. The van der Waals surface area contributed by atoms with Gasteiger partial charge in [0.15, 0.2) is 23.4 Å². The minimum atomic E-state index is -2.52. The zero-order chi connectivity index (χ0) is 29.9. The molecule has 1 atom stereocenters. The first-order chi connectivity index (χ1) is 18.6. The van der Waals surface area contributed by atoms with Crippen molar-refractivity contribution in [3.8, 4) is 6.07 Å². The van der Waals surface area contributed by atoms with Gasteiger partial charge in [-0.25, -0.2) is 29.1 Å². The fraction of sp³-hybridized carbons (Fsp3) is 0.267. The van der Waals surface area contributed by atoms with Gasteiger partial charge in [-0.2, -0.15) is 5.26 Å². The van der Waals surface area contributed by atoms with E-state index in [1.54, 1.807) is 30.4 Å². The van der Waals surface area contributed by atoms with Crippen LogP contribution in [0.4, 0.5) is 18.9 Å². The van der Waals surface area contributed by atoms with Crippen LogP contribution in [0.5, 0.6) is 0 Å². The zero-order valence-electron chi connectivity index (χ0n) is 23.2. The molecule has 0 spiro atoms. The Morgan fingerprint density at radius 1 is 1.15 bits per heavy atom. The Kier molecular flexibility index (Phi) is 6.90. The molecule has 6 nitrogen and oxygen atoms in total. The predicted molar refractivity (Wildman–Crippen MR) is 151 cm³/mol. The maximum Gasteiger partial charge on any atom is 0.343 e. The summed E-state index contributed by atoms with van der Waals surface area (Å²) in [6, 6.07) is 7.05. The predicted octanol–water partition coefficient (Wildman–Crippen LogP) is 5.01. The van der Waals surface area contributed by atoms with Crippen LogP contribution in [-0.4, -0.2) is 57.6 Å². The maximum atomic E-state index is 16.6. The maximum absolute atomic E-state index is 16.6. The van der Waals surface area contributed by atoms with Crippen molar-refractivity contribution in [2.45, 2.75) is 25.6 Å². The third-order valence-corrected chi connectivity index (χ3v) is 11.2. The number of benzene rings is 2. The fourth-order valence-corrected chi connectivity index (χ4v) is 8.38. The molecule has 2 aromatic carbocycles. The third kappa shape index (κ3) is 4.07. The quantitative estimate of drug-likeness (QED) is 0.247. The molecular formula is C30H28F3N4O2Si+. The van der Waals surface area contributed by atoms with Crippen molar-refractivity contribution in [3.63, 3.8) is 0 Å². The van der Waals surface area contributed by atoms with Gasteiger partial charge in [-0.15, -0.1) is 0 Å². The fourth-order valence-electron chi connectivity index (χ4n) is 5.31. The van der Waals surface area contributed by atoms with E-state index in [-0.39, 0.29) is 5.57 Å². The number of hydrogen-bond acceptors (Lipinski definition) is 3. The van der Waals surface area contributed by atoms with E-state index in [1.165, 1.54) is 0 Å². The molecule has 1 aliphatic carbocycles. The van der Waals surface area contributed by atoms with E-state index in [4.69, 9.17) is 6.57 Å². The number of nitriles is 1. The molecule has 0 saturated heterocycles. The number of anilines is 1. The Hall–Kier alpha value is -4.41. The van der Waals surface area contributed by atoms with Crippen LogP contribution in [0.15, 0.2) is 47.2 Å². The molecule has 1 aliphatic heterocycles. The second-order valence-electron chi connectivity index (χ2n) is 10.9. The van der Waals surface area contributed by atoms with Crippen LogP contribution in [0.1, 0.15) is 34.0 Å². The first-order valence-electron chi connectivity index (χ1n) is 12.4. The van der Waals surface area contributed by atoms with Crippen LogP contribution in [0.3, 0.4) is 0 Å². The van der Waals surface area contributed by atoms with Crippen molar-refractivity contribution in [2.75, 3.05) is 33.1 Å². The molecule has 2 aliphatic rings. The molecule has 40 heavy (non-hydrogen) atoms. The number of carboxylic acids is 1. The first kappa shape index (κ1) is 28.6. The average Bonchev–Trinajstić information content (AvgIpc) is 2.90. The highest BCUT2D eigenvalue weighted by molar-refractivity contribution is 6.98. The van der Waals surface area contributed by atoms with Crippen molar-refractivity contribution in [2.24, 2.45) is 0 Å². The van der Waals surface area contributed by atoms with Gasteiger partial charge in [0.05, 0.1) is 0 Å². The molecule has 1 heterocycles. The normalized spacial score (nSPS) is 16.7. The van der Waals surface area contributed by atoms with Crippen LogP contribution >= 0.6 is 0 Å². The Morgan fingerprint density at radius 3 is 2.33 bits per heavy atom. The van der Waals surface area contributed by atoms with Crippen molar-refractivity contribution < 1.29 is 27.6 Å². The summed E-state index contributed by atoms with van der Waals surface area (Å²) in [5, 5.41) is 21.4. The Labute approximate surface area is 232 Å². The van der Waals surface area contributed by atoms with Crippen molar-refractivity contribution >= 4 is 36.2 Å². The average molecular weight is 562 g/mol. The highest BCUT2D eigenvalue weighted by Crippen LogP contribution is 2.46. The summed E-state index contributed by atoms with van der Waals surface area (Å²) in [4.78, 5) is 17.4. The number of nitrogens with zero attached hydrogens (tertiary/aromatic N) is 4. The number of carboxylic acid groups (broad SMARTS) is 1. The van der Waals surface area contributed by atoms with Crippen LogP contribution in [0.2, 0.25) is 13.1 Å². The largest absolute Gasteiger partial charge is 0.478 e. The van der Waals surface area contributed by atoms with Gasteiger partial charge in [0.25, 0.3) is 0 Å². The number of allylic oxidation sites excluding steroid dienone is 5. The highest BCUT2D eigenvalue weighted by atomic mass is 28.3. The molecule has 10 heteroatoms. The van der Waals surface area contributed by atoms with Gasteiger partial charge in [0.1, 0.15) is 39.1 Å². The number of fused-ring (bicyclic) bond motifs is 2. The summed E-state index contributed by atoms with van der Waals surface area (Å²) in [6.07, 6.45) is 5.49. The number of halogens is 3. The summed E-state index contributed by atoms with van der Waals surface area (Å²) >= 11 is 0. The lowest BCUT2D eigenvalue weighted by atomic mass is 9.82. The zero-order valence-corrected chi connectivity index (χ0v) is 24.2. The minimum Gasteiger partial charge on any atom is -0.478 e. The Balaban J connectivity index is 2.31. The first-order valence-corrected chi connectivity index (χ1v) is 15.4. The Morgan fingerprint density at radius 2 is 1.80 bits per heavy atom. The van der Waals surface area contributed by atoms with Gasteiger partial charge in [0.2, 0.25) is 0 Å². The summed E-state index contributed by atoms with van der Waals surface area (Å²) in [6.45, 7) is 12.7. The van der Waals surface area contributed by atoms with Gasteiger partial charge in [-0.1, -0.05) is 19.2 Å². The lowest BCUT2D eigenvalue weighted by Crippen LogP contribution is -2.50. The van der Waals surface area contributed by atoms with Crippen LogP contribution in [0.25, 0.3) is 10.4 Å². The van der Waals surface area contributed by atoms with E-state index in [2.05, 4.69) is 17.9 Å². The molecule has 4 rings (SSSR count). The molecule has 204 valence electrons. The van der Waals surface area contributed by atoms with Crippen molar-refractivity contribution in [3.05, 3.63) is 98.3 Å². The van der Waals surface area contributed by atoms with Gasteiger partial charge in [-0.3, -0.25) is 4.85 Å². The molecule has 0 radical (unpaired) electrons. The van der Waals surface area contributed by atoms with Crippen LogP contribution < -0.4 is 10.1 Å². The van der Waals surface area contributed by atoms with Crippen LogP contribution in [0, 0.1) is 35.4 Å². The number of aromatic carboxylic acids is 1. The smallest absolute Gasteiger partial charge is 0.343 e. The molecular weight excluding hydrogens is 533 g/mol. The standard InChI is InChI=1S/C30H27F3N4O2Si/c1-30(15-34,35-2)25-26(31)23(24(29(38)39)27(32)28(25)33)22-18-11-9-16(36(3)4)13-20(18)40(7,8)21-14-17(37(5)6)10-12-19(21)22/h9-14H,1,3-8H3/p+1. The number of hydrogen-bond donors (Lipinski definition) is 1. The van der Waals surface area contributed by atoms with E-state index in [9.17, 15) is 15.2 Å². The number of carbonyl (C=O) groups is 1. The molecule has 2 aromatic rings.